The summed E-state index contributed by atoms with van der Waals surface area (Å²) in [5.41, 5.74) is 0. The maximum absolute atomic E-state index is 12.4. The van der Waals surface area contributed by atoms with Gasteiger partial charge >= 0.3 is 5.97 Å². The lowest BCUT2D eigenvalue weighted by atomic mass is 10.0. The van der Waals surface area contributed by atoms with Crippen molar-refractivity contribution in [2.24, 2.45) is 0 Å². The number of aliphatic hydroxyl groups is 2. The Kier molecular flexibility index (Phi) is 41.7. The maximum Gasteiger partial charge on any atom is 0.305 e. The third-order valence-corrected chi connectivity index (χ3v) is 10.5. The number of amides is 1. The van der Waals surface area contributed by atoms with Gasteiger partial charge in [-0.05, 0) is 51.4 Å². The van der Waals surface area contributed by atoms with Crippen molar-refractivity contribution in [2.75, 3.05) is 13.2 Å². The summed E-state index contributed by atoms with van der Waals surface area (Å²) in [4.78, 5) is 24.3. The predicted octanol–water partition coefficient (Wildman–Crippen LogP) is 13.2. The molecule has 3 N–H and O–H groups in total. The number of allylic oxidation sites excluding steroid dienone is 3. The first-order valence-corrected chi connectivity index (χ1v) is 23.1. The molecule has 6 heteroatoms. The second-order valence-corrected chi connectivity index (χ2v) is 15.7. The molecule has 0 saturated heterocycles. The van der Waals surface area contributed by atoms with Crippen molar-refractivity contribution in [3.8, 4) is 0 Å². The molecular formula is C47H89NO5. The Hall–Kier alpha value is -1.66. The van der Waals surface area contributed by atoms with Crippen LogP contribution in [0.2, 0.25) is 0 Å². The van der Waals surface area contributed by atoms with Crippen LogP contribution in [0.3, 0.4) is 0 Å². The molecule has 0 aliphatic rings. The van der Waals surface area contributed by atoms with Crippen molar-refractivity contribution >= 4 is 11.9 Å². The van der Waals surface area contributed by atoms with Gasteiger partial charge in [-0.2, -0.15) is 0 Å². The second-order valence-electron chi connectivity index (χ2n) is 15.7. The number of nitrogens with one attached hydrogen (secondary N) is 1. The average Bonchev–Trinajstić information content (AvgIpc) is 3.16. The average molecular weight is 748 g/mol. The van der Waals surface area contributed by atoms with E-state index in [1.54, 1.807) is 6.08 Å². The van der Waals surface area contributed by atoms with Gasteiger partial charge in [-0.1, -0.05) is 199 Å². The Bertz CT molecular complexity index is 828. The number of aliphatic hydroxyl groups excluding tert-OH is 2. The lowest BCUT2D eigenvalue weighted by Gasteiger charge is -2.20. The van der Waals surface area contributed by atoms with Gasteiger partial charge in [0.05, 0.1) is 25.4 Å². The Morgan fingerprint density at radius 2 is 0.906 bits per heavy atom. The van der Waals surface area contributed by atoms with Gasteiger partial charge in [0.15, 0.2) is 0 Å². The summed E-state index contributed by atoms with van der Waals surface area (Å²) < 4.78 is 5.43. The Morgan fingerprint density at radius 3 is 1.40 bits per heavy atom. The molecule has 1 amide bonds. The smallest absolute Gasteiger partial charge is 0.305 e. The van der Waals surface area contributed by atoms with Crippen LogP contribution in [0.15, 0.2) is 24.3 Å². The number of unbranched alkanes of at least 4 members (excludes halogenated alkanes) is 29. The zero-order valence-corrected chi connectivity index (χ0v) is 35.2. The van der Waals surface area contributed by atoms with Gasteiger partial charge in [-0.15, -0.1) is 0 Å². The van der Waals surface area contributed by atoms with Crippen molar-refractivity contribution in [2.45, 2.75) is 251 Å². The summed E-state index contributed by atoms with van der Waals surface area (Å²) in [6, 6.07) is -0.638. The molecule has 0 heterocycles. The first-order chi connectivity index (χ1) is 26.0. The largest absolute Gasteiger partial charge is 0.466 e. The monoisotopic (exact) mass is 748 g/mol. The van der Waals surface area contributed by atoms with Crippen molar-refractivity contribution < 1.29 is 24.5 Å². The molecule has 0 spiro atoms. The molecule has 2 atom stereocenters. The van der Waals surface area contributed by atoms with Gasteiger partial charge in [0.25, 0.3) is 0 Å². The highest BCUT2D eigenvalue weighted by molar-refractivity contribution is 5.76. The predicted molar refractivity (Wildman–Crippen MR) is 227 cm³/mol. The van der Waals surface area contributed by atoms with Gasteiger partial charge < -0.3 is 20.3 Å². The Balaban J connectivity index is 3.52. The SMILES string of the molecule is CCCC/C=C\CCCCCCCC(=O)OCCCCCCCCCCCCCCC(=O)NC(CO)C(O)/C=C/CCCCCCCCCCCCC. The number of hydrogen-bond acceptors (Lipinski definition) is 5. The Labute approximate surface area is 329 Å². The molecule has 53 heavy (non-hydrogen) atoms. The van der Waals surface area contributed by atoms with Gasteiger partial charge in [-0.3, -0.25) is 9.59 Å². The first-order valence-electron chi connectivity index (χ1n) is 23.1. The van der Waals surface area contributed by atoms with Crippen LogP contribution < -0.4 is 5.32 Å². The van der Waals surface area contributed by atoms with Crippen LogP contribution >= 0.6 is 0 Å². The van der Waals surface area contributed by atoms with Crippen molar-refractivity contribution in [3.05, 3.63) is 24.3 Å². The van der Waals surface area contributed by atoms with E-state index >= 15 is 0 Å². The van der Waals surface area contributed by atoms with E-state index < -0.39 is 12.1 Å². The number of esters is 1. The quantitative estimate of drug-likeness (QED) is 0.0328. The van der Waals surface area contributed by atoms with E-state index in [9.17, 15) is 19.8 Å². The summed E-state index contributed by atoms with van der Waals surface area (Å²) >= 11 is 0. The number of rotatable bonds is 42. The van der Waals surface area contributed by atoms with E-state index in [1.165, 1.54) is 154 Å². The normalized spacial score (nSPS) is 12.9. The maximum atomic E-state index is 12.4. The van der Waals surface area contributed by atoms with Crippen LogP contribution in [0.5, 0.6) is 0 Å². The molecular weight excluding hydrogens is 659 g/mol. The molecule has 0 fully saturated rings. The fourth-order valence-corrected chi connectivity index (χ4v) is 6.85. The fraction of sp³-hybridized carbons (Fsp3) is 0.872. The zero-order chi connectivity index (χ0) is 38.7. The molecule has 0 radical (unpaired) electrons. The summed E-state index contributed by atoms with van der Waals surface area (Å²) in [5, 5.41) is 23.0. The number of ether oxygens (including phenoxy) is 1. The van der Waals surface area contributed by atoms with E-state index in [2.05, 4.69) is 31.3 Å². The zero-order valence-electron chi connectivity index (χ0n) is 35.2. The number of hydrogen-bond donors (Lipinski definition) is 3. The molecule has 2 unspecified atom stereocenters. The molecule has 0 aliphatic carbocycles. The molecule has 0 aromatic rings. The van der Waals surface area contributed by atoms with Gasteiger partial charge in [-0.25, -0.2) is 0 Å². The van der Waals surface area contributed by atoms with Crippen LogP contribution in [-0.4, -0.2) is 47.4 Å². The highest BCUT2D eigenvalue weighted by atomic mass is 16.5. The third kappa shape index (κ3) is 39.8. The summed E-state index contributed by atoms with van der Waals surface area (Å²) in [7, 11) is 0. The van der Waals surface area contributed by atoms with Crippen LogP contribution in [0.4, 0.5) is 0 Å². The molecule has 0 aliphatic heterocycles. The third-order valence-electron chi connectivity index (χ3n) is 10.5. The molecule has 6 nitrogen and oxygen atoms in total. The van der Waals surface area contributed by atoms with E-state index in [-0.39, 0.29) is 18.5 Å². The molecule has 0 saturated carbocycles. The molecule has 312 valence electrons. The minimum absolute atomic E-state index is 0.0227. The van der Waals surface area contributed by atoms with Gasteiger partial charge in [0.1, 0.15) is 0 Å². The highest BCUT2D eigenvalue weighted by Crippen LogP contribution is 2.15. The van der Waals surface area contributed by atoms with E-state index in [4.69, 9.17) is 4.74 Å². The number of carbonyl (C=O) groups is 2. The first kappa shape index (κ1) is 51.3. The van der Waals surface area contributed by atoms with Crippen LogP contribution in [-0.2, 0) is 14.3 Å². The minimum Gasteiger partial charge on any atom is -0.466 e. The molecule has 0 aromatic carbocycles. The van der Waals surface area contributed by atoms with Crippen molar-refractivity contribution in [3.63, 3.8) is 0 Å². The molecule has 0 rings (SSSR count). The van der Waals surface area contributed by atoms with Crippen molar-refractivity contribution in [1.82, 2.24) is 5.32 Å². The van der Waals surface area contributed by atoms with E-state index in [0.717, 1.165) is 57.8 Å². The van der Waals surface area contributed by atoms with Crippen molar-refractivity contribution in [1.29, 1.82) is 0 Å². The van der Waals surface area contributed by atoms with Crippen LogP contribution in [0.25, 0.3) is 0 Å². The molecule has 0 bridgehead atoms. The summed E-state index contributed by atoms with van der Waals surface area (Å²) in [5.74, 6) is -0.108. The van der Waals surface area contributed by atoms with E-state index in [1.807, 2.05) is 6.08 Å². The minimum atomic E-state index is -0.853. The topological polar surface area (TPSA) is 95.9 Å². The van der Waals surface area contributed by atoms with Gasteiger partial charge in [0.2, 0.25) is 5.91 Å². The summed E-state index contributed by atoms with van der Waals surface area (Å²) in [6.07, 6.45) is 48.7. The lowest BCUT2D eigenvalue weighted by Crippen LogP contribution is -2.45. The highest BCUT2D eigenvalue weighted by Gasteiger charge is 2.18. The fourth-order valence-electron chi connectivity index (χ4n) is 6.85. The van der Waals surface area contributed by atoms with E-state index in [0.29, 0.717) is 19.4 Å². The van der Waals surface area contributed by atoms with Crippen LogP contribution in [0, 0.1) is 0 Å². The summed E-state index contributed by atoms with van der Waals surface area (Å²) in [6.45, 7) is 4.81. The Morgan fingerprint density at radius 1 is 0.509 bits per heavy atom. The lowest BCUT2D eigenvalue weighted by molar-refractivity contribution is -0.143. The van der Waals surface area contributed by atoms with Crippen LogP contribution in [0.1, 0.15) is 239 Å². The standard InChI is InChI=1S/C47H89NO5/c1-3-5-7-9-11-13-15-16-20-23-27-31-35-39-45(50)44(43-49)48-46(51)40-36-32-28-24-21-17-18-22-26-30-34-38-42-53-47(52)41-37-33-29-25-19-14-12-10-8-6-4-2/h10,12,35,39,44-45,49-50H,3-9,11,13-34,36-38,40-43H2,1-2H3,(H,48,51)/b12-10-,39-35+. The van der Waals surface area contributed by atoms with Gasteiger partial charge in [0, 0.05) is 12.8 Å². The number of carbonyl (C=O) groups excluding carboxylic acids is 2. The molecule has 0 aromatic heterocycles. The second kappa shape index (κ2) is 43.1.